The molecule has 1 heterocycles. The van der Waals surface area contributed by atoms with Gasteiger partial charge >= 0.3 is 0 Å². The summed E-state index contributed by atoms with van der Waals surface area (Å²) in [5.74, 6) is -0.288. The summed E-state index contributed by atoms with van der Waals surface area (Å²) in [5, 5.41) is 33.1. The summed E-state index contributed by atoms with van der Waals surface area (Å²) in [6.45, 7) is 1.60. The Morgan fingerprint density at radius 1 is 1.50 bits per heavy atom. The van der Waals surface area contributed by atoms with Crippen molar-refractivity contribution in [2.45, 2.75) is 30.9 Å². The minimum atomic E-state index is -0.858. The molecule has 1 aliphatic rings. The molecule has 0 radical (unpaired) electrons. The first-order chi connectivity index (χ1) is 6.65. The van der Waals surface area contributed by atoms with Crippen LogP contribution in [0.5, 0.6) is 0 Å². The maximum Gasteiger partial charge on any atom is 0.0847 e. The van der Waals surface area contributed by atoms with Gasteiger partial charge in [0.05, 0.1) is 17.6 Å². The number of rotatable bonds is 5. The number of thioether (sulfide) groups is 1. The minimum Gasteiger partial charge on any atom is -0.396 e. The molecule has 4 atom stereocenters. The third-order valence-corrected chi connectivity index (χ3v) is 3.26. The van der Waals surface area contributed by atoms with E-state index < -0.39 is 12.2 Å². The van der Waals surface area contributed by atoms with Crippen molar-refractivity contribution in [2.24, 2.45) is 5.92 Å². The molecule has 0 aliphatic carbocycles. The molecule has 0 aromatic carbocycles. The Kier molecular flexibility index (Phi) is 4.74. The lowest BCUT2D eigenvalue weighted by molar-refractivity contribution is -0.0304. The van der Waals surface area contributed by atoms with E-state index in [2.05, 4.69) is 5.32 Å². The molecule has 4 nitrogen and oxygen atoms in total. The maximum absolute atomic E-state index is 9.64. The van der Waals surface area contributed by atoms with Gasteiger partial charge in [-0.25, -0.2) is 0 Å². The van der Waals surface area contributed by atoms with Gasteiger partial charge in [0, 0.05) is 25.1 Å². The van der Waals surface area contributed by atoms with Gasteiger partial charge in [0.25, 0.3) is 0 Å². The molecule has 0 saturated heterocycles. The summed E-state index contributed by atoms with van der Waals surface area (Å²) in [4.78, 5) is 0. The molecule has 0 fully saturated rings. The lowest BCUT2D eigenvalue weighted by Gasteiger charge is -2.24. The normalized spacial score (nSPS) is 27.0. The summed E-state index contributed by atoms with van der Waals surface area (Å²) in [6, 6.07) is 0. The molecular weight excluding hydrogens is 202 g/mol. The van der Waals surface area contributed by atoms with Gasteiger partial charge in [0.2, 0.25) is 0 Å². The van der Waals surface area contributed by atoms with Gasteiger partial charge in [-0.3, -0.25) is 0 Å². The second-order valence-corrected chi connectivity index (χ2v) is 4.66. The van der Waals surface area contributed by atoms with Crippen LogP contribution in [0, 0.1) is 5.92 Å². The standard InChI is InChI=1S/C9H17NO3S/c1-6(5-11)9(13)7(12)4-8-10-2-3-14-8/h2-3,6-13H,4-5H2,1H3. The summed E-state index contributed by atoms with van der Waals surface area (Å²) >= 11 is 1.58. The zero-order valence-corrected chi connectivity index (χ0v) is 8.94. The highest BCUT2D eigenvalue weighted by atomic mass is 32.2. The van der Waals surface area contributed by atoms with Gasteiger partial charge < -0.3 is 20.6 Å². The highest BCUT2D eigenvalue weighted by molar-refractivity contribution is 8.02. The number of aliphatic hydroxyl groups excluding tert-OH is 3. The van der Waals surface area contributed by atoms with Gasteiger partial charge in [0.15, 0.2) is 0 Å². The third-order valence-electron chi connectivity index (χ3n) is 2.31. The Balaban J connectivity index is 2.29. The predicted octanol–water partition coefficient (Wildman–Crippen LogP) is -0.140. The van der Waals surface area contributed by atoms with Gasteiger partial charge in [-0.05, 0) is 5.41 Å². The fourth-order valence-electron chi connectivity index (χ4n) is 1.29. The summed E-state index contributed by atoms with van der Waals surface area (Å²) in [6.07, 6.45) is 0.651. The molecule has 0 amide bonds. The number of nitrogens with one attached hydrogen (secondary N) is 1. The molecule has 0 aromatic rings. The average Bonchev–Trinajstić information content (AvgIpc) is 2.68. The lowest BCUT2D eigenvalue weighted by Crippen LogP contribution is -2.37. The Hall–Kier alpha value is -0.230. The Morgan fingerprint density at radius 3 is 2.71 bits per heavy atom. The molecule has 0 aromatic heterocycles. The fourth-order valence-corrected chi connectivity index (χ4v) is 2.10. The Labute approximate surface area is 88.0 Å². The average molecular weight is 219 g/mol. The summed E-state index contributed by atoms with van der Waals surface area (Å²) in [7, 11) is 0. The van der Waals surface area contributed by atoms with Crippen molar-refractivity contribution in [2.75, 3.05) is 6.61 Å². The van der Waals surface area contributed by atoms with E-state index in [1.165, 1.54) is 0 Å². The fraction of sp³-hybridized carbons (Fsp3) is 0.778. The van der Waals surface area contributed by atoms with Crippen LogP contribution in [0.15, 0.2) is 11.6 Å². The van der Waals surface area contributed by atoms with E-state index in [0.717, 1.165) is 0 Å². The van der Waals surface area contributed by atoms with E-state index in [1.807, 2.05) is 11.6 Å². The van der Waals surface area contributed by atoms with Crippen molar-refractivity contribution >= 4 is 11.8 Å². The van der Waals surface area contributed by atoms with E-state index in [-0.39, 0.29) is 17.9 Å². The van der Waals surface area contributed by atoms with Crippen LogP contribution < -0.4 is 5.32 Å². The van der Waals surface area contributed by atoms with Gasteiger partial charge in [0.1, 0.15) is 0 Å². The molecule has 14 heavy (non-hydrogen) atoms. The van der Waals surface area contributed by atoms with E-state index in [1.54, 1.807) is 18.7 Å². The molecule has 1 rings (SSSR count). The van der Waals surface area contributed by atoms with Crippen LogP contribution in [0.3, 0.4) is 0 Å². The molecule has 0 saturated carbocycles. The van der Waals surface area contributed by atoms with Crippen molar-refractivity contribution in [3.63, 3.8) is 0 Å². The highest BCUT2D eigenvalue weighted by Gasteiger charge is 2.25. The highest BCUT2D eigenvalue weighted by Crippen LogP contribution is 2.22. The zero-order valence-electron chi connectivity index (χ0n) is 8.13. The van der Waals surface area contributed by atoms with Crippen molar-refractivity contribution < 1.29 is 15.3 Å². The first-order valence-electron chi connectivity index (χ1n) is 4.68. The SMILES string of the molecule is CC(CO)C(O)C(O)CC1NC=CS1. The van der Waals surface area contributed by atoms with Gasteiger partial charge in [-0.1, -0.05) is 6.92 Å². The van der Waals surface area contributed by atoms with Crippen molar-refractivity contribution in [3.05, 3.63) is 11.6 Å². The van der Waals surface area contributed by atoms with Gasteiger partial charge in [-0.2, -0.15) is 0 Å². The predicted molar refractivity (Wildman–Crippen MR) is 56.5 cm³/mol. The van der Waals surface area contributed by atoms with Crippen molar-refractivity contribution in [3.8, 4) is 0 Å². The van der Waals surface area contributed by atoms with Crippen LogP contribution in [-0.4, -0.2) is 39.5 Å². The number of aliphatic hydroxyl groups is 3. The third kappa shape index (κ3) is 3.16. The van der Waals surface area contributed by atoms with Crippen molar-refractivity contribution in [1.82, 2.24) is 5.32 Å². The molecule has 82 valence electrons. The van der Waals surface area contributed by atoms with E-state index >= 15 is 0 Å². The van der Waals surface area contributed by atoms with E-state index in [0.29, 0.717) is 6.42 Å². The van der Waals surface area contributed by atoms with Crippen LogP contribution in [0.25, 0.3) is 0 Å². The lowest BCUT2D eigenvalue weighted by atomic mass is 9.98. The molecular formula is C9H17NO3S. The molecule has 0 spiro atoms. The van der Waals surface area contributed by atoms with Crippen LogP contribution in [0.2, 0.25) is 0 Å². The monoisotopic (exact) mass is 219 g/mol. The minimum absolute atomic E-state index is 0.109. The molecule has 4 N–H and O–H groups in total. The molecule has 0 bridgehead atoms. The molecule has 5 heteroatoms. The second-order valence-electron chi connectivity index (χ2n) is 3.55. The topological polar surface area (TPSA) is 72.7 Å². The Bertz CT molecular complexity index is 192. The summed E-state index contributed by atoms with van der Waals surface area (Å²) < 4.78 is 0. The Morgan fingerprint density at radius 2 is 2.21 bits per heavy atom. The van der Waals surface area contributed by atoms with Crippen LogP contribution in [0.4, 0.5) is 0 Å². The molecule has 1 aliphatic heterocycles. The first-order valence-corrected chi connectivity index (χ1v) is 5.63. The first kappa shape index (κ1) is 11.8. The smallest absolute Gasteiger partial charge is 0.0847 e. The van der Waals surface area contributed by atoms with Crippen LogP contribution in [-0.2, 0) is 0 Å². The number of hydrogen-bond donors (Lipinski definition) is 4. The van der Waals surface area contributed by atoms with Crippen LogP contribution in [0.1, 0.15) is 13.3 Å². The van der Waals surface area contributed by atoms with Crippen LogP contribution >= 0.6 is 11.8 Å². The summed E-state index contributed by atoms with van der Waals surface area (Å²) in [5.41, 5.74) is 0. The van der Waals surface area contributed by atoms with E-state index in [9.17, 15) is 10.2 Å². The van der Waals surface area contributed by atoms with Gasteiger partial charge in [-0.15, -0.1) is 11.8 Å². The quantitative estimate of drug-likeness (QED) is 0.518. The zero-order chi connectivity index (χ0) is 10.6. The molecule has 4 unspecified atom stereocenters. The largest absolute Gasteiger partial charge is 0.396 e. The van der Waals surface area contributed by atoms with Crippen molar-refractivity contribution in [1.29, 1.82) is 0 Å². The number of hydrogen-bond acceptors (Lipinski definition) is 5. The second kappa shape index (κ2) is 5.60. The maximum atomic E-state index is 9.64. The van der Waals surface area contributed by atoms with E-state index in [4.69, 9.17) is 5.11 Å².